The molecule has 0 rings (SSSR count). The molecule has 0 aromatic rings. The van der Waals surface area contributed by atoms with Crippen molar-refractivity contribution in [3.8, 4) is 0 Å². The highest BCUT2D eigenvalue weighted by molar-refractivity contribution is 14.1. The molecule has 2 nitrogen and oxygen atoms in total. The van der Waals surface area contributed by atoms with Gasteiger partial charge in [0.15, 0.2) is 0 Å². The van der Waals surface area contributed by atoms with Crippen molar-refractivity contribution < 1.29 is 4.79 Å². The number of nitrogens with one attached hydrogen (secondary N) is 1. The zero-order valence-corrected chi connectivity index (χ0v) is 10.1. The van der Waals surface area contributed by atoms with E-state index in [4.69, 9.17) is 0 Å². The Morgan fingerprint density at radius 2 is 2.00 bits per heavy atom. The van der Waals surface area contributed by atoms with Crippen LogP contribution in [0.2, 0.25) is 0 Å². The minimum absolute atomic E-state index is 0.153. The molecule has 12 heavy (non-hydrogen) atoms. The minimum Gasteiger partial charge on any atom is -0.299 e. The van der Waals surface area contributed by atoms with Gasteiger partial charge < -0.3 is 0 Å². The van der Waals surface area contributed by atoms with E-state index in [2.05, 4.69) is 17.4 Å². The molecule has 0 unspecified atom stereocenters. The second kappa shape index (κ2) is 7.83. The van der Waals surface area contributed by atoms with Crippen molar-refractivity contribution in [3.63, 3.8) is 0 Å². The number of amides is 1. The Balaban J connectivity index is 3.05. The van der Waals surface area contributed by atoms with E-state index < -0.39 is 0 Å². The molecule has 0 atom stereocenters. The van der Waals surface area contributed by atoms with Crippen molar-refractivity contribution in [2.24, 2.45) is 5.92 Å². The summed E-state index contributed by atoms with van der Waals surface area (Å²) in [5, 5.41) is 0. The summed E-state index contributed by atoms with van der Waals surface area (Å²) in [4.78, 5) is 10.8. The fourth-order valence-electron chi connectivity index (χ4n) is 1.06. The monoisotopic (exact) mass is 283 g/mol. The van der Waals surface area contributed by atoms with Gasteiger partial charge in [0.25, 0.3) is 0 Å². The topological polar surface area (TPSA) is 29.1 Å². The molecular formula is C9H18INO. The van der Waals surface area contributed by atoms with Crippen LogP contribution in [0.15, 0.2) is 0 Å². The van der Waals surface area contributed by atoms with Gasteiger partial charge in [-0.1, -0.05) is 33.1 Å². The highest BCUT2D eigenvalue weighted by Gasteiger charge is 1.98. The van der Waals surface area contributed by atoms with Crippen molar-refractivity contribution in [3.05, 3.63) is 0 Å². The average Bonchev–Trinajstić information content (AvgIpc) is 2.03. The number of hydrogen-bond acceptors (Lipinski definition) is 1. The van der Waals surface area contributed by atoms with Gasteiger partial charge in [-0.25, -0.2) is 0 Å². The fourth-order valence-corrected chi connectivity index (χ4v) is 1.33. The molecule has 0 saturated heterocycles. The fraction of sp³-hybridized carbons (Fsp3) is 0.889. The highest BCUT2D eigenvalue weighted by atomic mass is 127. The van der Waals surface area contributed by atoms with Crippen LogP contribution >= 0.6 is 22.9 Å². The normalized spacial score (nSPS) is 10.3. The molecule has 0 aromatic heterocycles. The first-order valence-electron chi connectivity index (χ1n) is 4.56. The standard InChI is InChI=1S/C9H18INO/c1-8(2)6-4-3-5-7-9(12)11-10/h8H,3-7H2,1-2H3,(H,11,12). The molecule has 0 aliphatic rings. The van der Waals surface area contributed by atoms with Gasteiger partial charge in [-0.2, -0.15) is 0 Å². The first-order chi connectivity index (χ1) is 5.66. The molecule has 0 heterocycles. The van der Waals surface area contributed by atoms with Gasteiger partial charge >= 0.3 is 0 Å². The van der Waals surface area contributed by atoms with Crippen LogP contribution in [-0.2, 0) is 4.79 Å². The molecule has 0 fully saturated rings. The van der Waals surface area contributed by atoms with E-state index in [-0.39, 0.29) is 5.91 Å². The Hall–Kier alpha value is 0.200. The molecule has 1 amide bonds. The molecule has 1 N–H and O–H groups in total. The summed E-state index contributed by atoms with van der Waals surface area (Å²) in [5.41, 5.74) is 0. The molecule has 0 aromatic carbocycles. The second-order valence-electron chi connectivity index (χ2n) is 3.51. The first kappa shape index (κ1) is 12.2. The lowest BCUT2D eigenvalue weighted by Gasteiger charge is -2.03. The Labute approximate surface area is 89.0 Å². The minimum atomic E-state index is 0.153. The molecule has 3 heteroatoms. The lowest BCUT2D eigenvalue weighted by molar-refractivity contribution is -0.118. The van der Waals surface area contributed by atoms with Crippen molar-refractivity contribution in [1.82, 2.24) is 3.53 Å². The number of carbonyl (C=O) groups excluding carboxylic acids is 1. The maximum Gasteiger partial charge on any atom is 0.228 e. The summed E-state index contributed by atoms with van der Waals surface area (Å²) in [6.45, 7) is 4.47. The Kier molecular flexibility index (Phi) is 7.96. The highest BCUT2D eigenvalue weighted by Crippen LogP contribution is 2.09. The van der Waals surface area contributed by atoms with E-state index in [1.54, 1.807) is 0 Å². The maximum atomic E-state index is 10.8. The number of rotatable bonds is 6. The van der Waals surface area contributed by atoms with Gasteiger partial charge in [0.1, 0.15) is 0 Å². The molecule has 0 aliphatic carbocycles. The lowest BCUT2D eigenvalue weighted by atomic mass is 10.0. The lowest BCUT2D eigenvalue weighted by Crippen LogP contribution is -2.10. The summed E-state index contributed by atoms with van der Waals surface area (Å²) in [7, 11) is 0. The zero-order chi connectivity index (χ0) is 9.40. The van der Waals surface area contributed by atoms with Gasteiger partial charge in [0.05, 0.1) is 22.9 Å². The molecule has 0 radical (unpaired) electrons. The largest absolute Gasteiger partial charge is 0.299 e. The summed E-state index contributed by atoms with van der Waals surface area (Å²) in [6, 6.07) is 0. The van der Waals surface area contributed by atoms with E-state index in [9.17, 15) is 4.79 Å². The molecule has 0 spiro atoms. The van der Waals surface area contributed by atoms with Gasteiger partial charge in [-0.05, 0) is 12.3 Å². The van der Waals surface area contributed by atoms with Crippen molar-refractivity contribution >= 4 is 28.8 Å². The van der Waals surface area contributed by atoms with Gasteiger partial charge in [-0.15, -0.1) is 0 Å². The number of unbranched alkanes of at least 4 members (excludes halogenated alkanes) is 2. The predicted molar refractivity (Wildman–Crippen MR) is 60.1 cm³/mol. The van der Waals surface area contributed by atoms with Gasteiger partial charge in [-0.3, -0.25) is 8.32 Å². The molecule has 0 aliphatic heterocycles. The van der Waals surface area contributed by atoms with Crippen molar-refractivity contribution in [2.45, 2.75) is 46.0 Å². The Bertz CT molecular complexity index is 126. The van der Waals surface area contributed by atoms with Crippen LogP contribution in [0, 0.1) is 5.92 Å². The number of halogens is 1. The van der Waals surface area contributed by atoms with Crippen LogP contribution in [0.3, 0.4) is 0 Å². The summed E-state index contributed by atoms with van der Waals surface area (Å²) in [6.07, 6.45) is 5.43. The van der Waals surface area contributed by atoms with Crippen LogP contribution in [0.1, 0.15) is 46.0 Å². The molecule has 72 valence electrons. The van der Waals surface area contributed by atoms with Crippen LogP contribution in [-0.4, -0.2) is 5.91 Å². The number of carbonyl (C=O) groups is 1. The van der Waals surface area contributed by atoms with Crippen LogP contribution in [0.25, 0.3) is 0 Å². The van der Waals surface area contributed by atoms with E-state index in [0.717, 1.165) is 12.3 Å². The van der Waals surface area contributed by atoms with Gasteiger partial charge in [0, 0.05) is 6.42 Å². The smallest absolute Gasteiger partial charge is 0.228 e. The van der Waals surface area contributed by atoms with E-state index in [1.807, 2.05) is 22.9 Å². The van der Waals surface area contributed by atoms with E-state index in [1.165, 1.54) is 19.3 Å². The summed E-state index contributed by atoms with van der Waals surface area (Å²) >= 11 is 1.89. The zero-order valence-electron chi connectivity index (χ0n) is 7.90. The van der Waals surface area contributed by atoms with Crippen LogP contribution in [0.5, 0.6) is 0 Å². The molecular weight excluding hydrogens is 265 g/mol. The van der Waals surface area contributed by atoms with Crippen LogP contribution in [0.4, 0.5) is 0 Å². The third kappa shape index (κ3) is 8.30. The predicted octanol–water partition coefficient (Wildman–Crippen LogP) is 3.06. The van der Waals surface area contributed by atoms with Crippen molar-refractivity contribution in [2.75, 3.05) is 0 Å². The summed E-state index contributed by atoms with van der Waals surface area (Å²) in [5.74, 6) is 0.948. The SMILES string of the molecule is CC(C)CCCCCC(=O)NI. The summed E-state index contributed by atoms with van der Waals surface area (Å²) < 4.78 is 2.60. The van der Waals surface area contributed by atoms with Crippen molar-refractivity contribution in [1.29, 1.82) is 0 Å². The third-order valence-corrected chi connectivity index (χ3v) is 2.39. The molecule has 0 bridgehead atoms. The molecule has 0 saturated carbocycles. The van der Waals surface area contributed by atoms with E-state index >= 15 is 0 Å². The quantitative estimate of drug-likeness (QED) is 0.453. The van der Waals surface area contributed by atoms with Crippen LogP contribution < -0.4 is 3.53 Å². The maximum absolute atomic E-state index is 10.8. The Morgan fingerprint density at radius 3 is 2.50 bits per heavy atom. The third-order valence-electron chi connectivity index (χ3n) is 1.79. The second-order valence-corrected chi connectivity index (χ2v) is 4.05. The van der Waals surface area contributed by atoms with Gasteiger partial charge in [0.2, 0.25) is 5.91 Å². The Morgan fingerprint density at radius 1 is 1.33 bits per heavy atom. The number of hydrogen-bond donors (Lipinski definition) is 1. The first-order valence-corrected chi connectivity index (χ1v) is 5.64. The van der Waals surface area contributed by atoms with E-state index in [0.29, 0.717) is 6.42 Å². The average molecular weight is 283 g/mol.